The fourth-order valence-corrected chi connectivity index (χ4v) is 2.10. The molecule has 0 saturated carbocycles. The number of aliphatic carboxylic acids is 1. The van der Waals surface area contributed by atoms with Gasteiger partial charge in [-0.2, -0.15) is 0 Å². The lowest BCUT2D eigenvalue weighted by Gasteiger charge is -2.12. The molecule has 0 saturated heterocycles. The molecule has 1 amide bonds. The molecule has 2 N–H and O–H groups in total. The minimum Gasteiger partial charge on any atom is -0.481 e. The quantitative estimate of drug-likeness (QED) is 0.883. The third-order valence-electron chi connectivity index (χ3n) is 3.13. The Kier molecular flexibility index (Phi) is 4.16. The highest BCUT2D eigenvalue weighted by Crippen LogP contribution is 2.20. The molecule has 0 aromatic carbocycles. The number of hydrogen-bond donors (Lipinski definition) is 2. The Labute approximate surface area is 121 Å². The summed E-state index contributed by atoms with van der Waals surface area (Å²) in [7, 11) is 0. The van der Waals surface area contributed by atoms with Gasteiger partial charge in [0.2, 0.25) is 0 Å². The smallest absolute Gasteiger partial charge is 0.311 e. The first-order valence-electron chi connectivity index (χ1n) is 6.54. The van der Waals surface area contributed by atoms with Crippen LogP contribution in [-0.2, 0) is 11.2 Å². The molecule has 0 aliphatic rings. The average molecular weight is 291 g/mol. The first kappa shape index (κ1) is 14.9. The van der Waals surface area contributed by atoms with Crippen molar-refractivity contribution in [3.05, 3.63) is 46.8 Å². The molecule has 21 heavy (non-hydrogen) atoms. The van der Waals surface area contributed by atoms with Gasteiger partial charge in [-0.25, -0.2) is 0 Å². The van der Waals surface area contributed by atoms with Gasteiger partial charge in [-0.3, -0.25) is 9.59 Å². The summed E-state index contributed by atoms with van der Waals surface area (Å²) in [6.07, 6.45) is 1.06. The molecule has 2 heterocycles. The topological polar surface area (TPSA) is 92.7 Å². The summed E-state index contributed by atoms with van der Waals surface area (Å²) in [5.41, 5.74) is 0.874. The Morgan fingerprint density at radius 2 is 2.05 bits per heavy atom. The van der Waals surface area contributed by atoms with Crippen molar-refractivity contribution >= 4 is 11.9 Å². The van der Waals surface area contributed by atoms with Crippen molar-refractivity contribution in [1.29, 1.82) is 0 Å². The highest BCUT2D eigenvalue weighted by atomic mass is 16.4. The third kappa shape index (κ3) is 3.34. The Balaban J connectivity index is 2.16. The van der Waals surface area contributed by atoms with Gasteiger partial charge in [-0.1, -0.05) is 0 Å². The highest BCUT2D eigenvalue weighted by molar-refractivity contribution is 5.97. The second-order valence-corrected chi connectivity index (χ2v) is 4.93. The van der Waals surface area contributed by atoms with Crippen LogP contribution in [0.5, 0.6) is 0 Å². The summed E-state index contributed by atoms with van der Waals surface area (Å²) in [5, 5.41) is 11.6. The van der Waals surface area contributed by atoms with Crippen molar-refractivity contribution in [3.63, 3.8) is 0 Å². The normalized spacial score (nSPS) is 12.1. The molecular formula is C15H17NO5. The Hall–Kier alpha value is -2.50. The van der Waals surface area contributed by atoms with Gasteiger partial charge in [0.05, 0.1) is 17.9 Å². The molecule has 2 rings (SSSR count). The van der Waals surface area contributed by atoms with Gasteiger partial charge in [0.15, 0.2) is 0 Å². The van der Waals surface area contributed by atoms with E-state index in [2.05, 4.69) is 5.32 Å². The monoisotopic (exact) mass is 291 g/mol. The molecular weight excluding hydrogens is 274 g/mol. The van der Waals surface area contributed by atoms with E-state index < -0.39 is 5.97 Å². The molecule has 2 aromatic rings. The van der Waals surface area contributed by atoms with E-state index in [0.29, 0.717) is 11.3 Å². The fourth-order valence-electron chi connectivity index (χ4n) is 2.10. The second kappa shape index (κ2) is 5.87. The maximum atomic E-state index is 12.3. The van der Waals surface area contributed by atoms with Crippen LogP contribution in [0, 0.1) is 13.8 Å². The summed E-state index contributed by atoms with van der Waals surface area (Å²) in [6, 6.07) is 3.29. The van der Waals surface area contributed by atoms with Crippen molar-refractivity contribution in [2.75, 3.05) is 0 Å². The molecule has 0 radical (unpaired) electrons. The Morgan fingerprint density at radius 3 is 2.62 bits per heavy atom. The number of carboxylic acids is 1. The SMILES string of the molecule is Cc1ccc(C(C)NC(=O)c2c(C)coc2CC(=O)O)o1. The van der Waals surface area contributed by atoms with Crippen LogP contribution in [0.1, 0.15) is 46.2 Å². The zero-order chi connectivity index (χ0) is 15.6. The minimum atomic E-state index is -1.05. The van der Waals surface area contributed by atoms with Crippen LogP contribution in [-0.4, -0.2) is 17.0 Å². The molecule has 112 valence electrons. The lowest BCUT2D eigenvalue weighted by atomic mass is 10.1. The number of hydrogen-bond acceptors (Lipinski definition) is 4. The zero-order valence-corrected chi connectivity index (χ0v) is 12.1. The van der Waals surface area contributed by atoms with Gasteiger partial charge in [-0.15, -0.1) is 0 Å². The number of carboxylic acid groups (broad SMARTS) is 1. The molecule has 0 aliphatic heterocycles. The molecule has 0 fully saturated rings. The Morgan fingerprint density at radius 1 is 1.33 bits per heavy atom. The van der Waals surface area contributed by atoms with E-state index in [1.165, 1.54) is 6.26 Å². The van der Waals surface area contributed by atoms with E-state index in [1.54, 1.807) is 19.9 Å². The molecule has 6 nitrogen and oxygen atoms in total. The number of carbonyl (C=O) groups is 2. The van der Waals surface area contributed by atoms with Crippen LogP contribution in [0.4, 0.5) is 0 Å². The number of aryl methyl sites for hydroxylation is 2. The molecule has 0 bridgehead atoms. The molecule has 1 unspecified atom stereocenters. The second-order valence-electron chi connectivity index (χ2n) is 4.93. The zero-order valence-electron chi connectivity index (χ0n) is 12.1. The van der Waals surface area contributed by atoms with E-state index in [4.69, 9.17) is 13.9 Å². The number of rotatable bonds is 5. The van der Waals surface area contributed by atoms with E-state index in [9.17, 15) is 9.59 Å². The maximum absolute atomic E-state index is 12.3. The van der Waals surface area contributed by atoms with Crippen LogP contribution in [0.3, 0.4) is 0 Å². The van der Waals surface area contributed by atoms with Crippen molar-refractivity contribution in [2.45, 2.75) is 33.2 Å². The highest BCUT2D eigenvalue weighted by Gasteiger charge is 2.22. The predicted octanol–water partition coefficient (Wildman–Crippen LogP) is 2.61. The molecule has 6 heteroatoms. The Bertz CT molecular complexity index is 667. The summed E-state index contributed by atoms with van der Waals surface area (Å²) < 4.78 is 10.6. The van der Waals surface area contributed by atoms with Crippen molar-refractivity contribution in [2.24, 2.45) is 0 Å². The summed E-state index contributed by atoms with van der Waals surface area (Å²) in [5.74, 6) is 0.131. The average Bonchev–Trinajstić information content (AvgIpc) is 2.95. The molecule has 1 atom stereocenters. The van der Waals surface area contributed by atoms with Crippen molar-refractivity contribution < 1.29 is 23.5 Å². The van der Waals surface area contributed by atoms with E-state index >= 15 is 0 Å². The molecule has 2 aromatic heterocycles. The van der Waals surface area contributed by atoms with Crippen LogP contribution >= 0.6 is 0 Å². The summed E-state index contributed by atoms with van der Waals surface area (Å²) >= 11 is 0. The van der Waals surface area contributed by atoms with Gasteiger partial charge in [0.25, 0.3) is 5.91 Å². The molecule has 0 aliphatic carbocycles. The minimum absolute atomic E-state index is 0.153. The first-order valence-corrected chi connectivity index (χ1v) is 6.54. The van der Waals surface area contributed by atoms with E-state index in [1.807, 2.05) is 13.0 Å². The first-order chi connectivity index (χ1) is 9.88. The predicted molar refractivity (Wildman–Crippen MR) is 74.1 cm³/mol. The largest absolute Gasteiger partial charge is 0.481 e. The lowest BCUT2D eigenvalue weighted by molar-refractivity contribution is -0.136. The van der Waals surface area contributed by atoms with Gasteiger partial charge < -0.3 is 19.3 Å². The van der Waals surface area contributed by atoms with Gasteiger partial charge >= 0.3 is 5.97 Å². The van der Waals surface area contributed by atoms with Crippen LogP contribution in [0.15, 0.2) is 27.2 Å². The molecule has 0 spiro atoms. The third-order valence-corrected chi connectivity index (χ3v) is 3.13. The van der Waals surface area contributed by atoms with Crippen LogP contribution < -0.4 is 5.32 Å². The number of furan rings is 2. The standard InChI is InChI=1S/C15H17NO5/c1-8-7-20-12(6-13(17)18)14(8)15(19)16-10(3)11-5-4-9(2)21-11/h4-5,7,10H,6H2,1-3H3,(H,16,19)(H,17,18). The van der Waals surface area contributed by atoms with Gasteiger partial charge in [0, 0.05) is 5.56 Å². The van der Waals surface area contributed by atoms with Crippen LogP contribution in [0.2, 0.25) is 0 Å². The number of amides is 1. The lowest BCUT2D eigenvalue weighted by Crippen LogP contribution is -2.27. The fraction of sp³-hybridized carbons (Fsp3) is 0.333. The van der Waals surface area contributed by atoms with Gasteiger partial charge in [-0.05, 0) is 32.9 Å². The number of carbonyl (C=O) groups excluding carboxylic acids is 1. The maximum Gasteiger partial charge on any atom is 0.311 e. The van der Waals surface area contributed by atoms with E-state index in [-0.39, 0.29) is 29.7 Å². The summed E-state index contributed by atoms with van der Waals surface area (Å²) in [6.45, 7) is 5.32. The van der Waals surface area contributed by atoms with Gasteiger partial charge in [0.1, 0.15) is 23.7 Å². The summed E-state index contributed by atoms with van der Waals surface area (Å²) in [4.78, 5) is 23.1. The number of nitrogens with one attached hydrogen (secondary N) is 1. The van der Waals surface area contributed by atoms with Crippen molar-refractivity contribution in [1.82, 2.24) is 5.32 Å². The van der Waals surface area contributed by atoms with E-state index in [0.717, 1.165) is 5.76 Å². The van der Waals surface area contributed by atoms with Crippen molar-refractivity contribution in [3.8, 4) is 0 Å². The van der Waals surface area contributed by atoms with Crippen LogP contribution in [0.25, 0.3) is 0 Å².